The van der Waals surface area contributed by atoms with Gasteiger partial charge in [-0.2, -0.15) is 0 Å². The zero-order chi connectivity index (χ0) is 23.0. The lowest BCUT2D eigenvalue weighted by Crippen LogP contribution is -2.58. The van der Waals surface area contributed by atoms with Gasteiger partial charge >= 0.3 is 0 Å². The Morgan fingerprint density at radius 1 is 1.00 bits per heavy atom. The van der Waals surface area contributed by atoms with Gasteiger partial charge in [-0.1, -0.05) is 34.6 Å². The van der Waals surface area contributed by atoms with Gasteiger partial charge in [-0.25, -0.2) is 0 Å². The van der Waals surface area contributed by atoms with Crippen LogP contribution in [0.4, 0.5) is 0 Å². The van der Waals surface area contributed by atoms with Gasteiger partial charge in [-0.05, 0) is 111 Å². The molecule has 0 aromatic rings. The third kappa shape index (κ3) is 3.71. The Balaban J connectivity index is 1.53. The minimum absolute atomic E-state index is 0.0120. The van der Waals surface area contributed by atoms with E-state index < -0.39 is 8.32 Å². The van der Waals surface area contributed by atoms with Gasteiger partial charge in [0.25, 0.3) is 0 Å². The van der Waals surface area contributed by atoms with E-state index in [0.29, 0.717) is 23.5 Å². The molecule has 0 bridgehead atoms. The summed E-state index contributed by atoms with van der Waals surface area (Å²) in [6, 6.07) is 0. The number of hydrogen-bond donors (Lipinski definition) is 1. The van der Waals surface area contributed by atoms with E-state index in [1.807, 2.05) is 6.92 Å². The van der Waals surface area contributed by atoms with Crippen molar-refractivity contribution in [3.63, 3.8) is 0 Å². The fourth-order valence-corrected chi connectivity index (χ4v) is 9.97. The number of carbonyl (C=O) groups is 1. The molecule has 0 aliphatic heterocycles. The minimum atomic E-state index is -1.89. The summed E-state index contributed by atoms with van der Waals surface area (Å²) >= 11 is 0. The molecule has 4 aliphatic carbocycles. The lowest BCUT2D eigenvalue weighted by molar-refractivity contribution is -0.158. The number of fused-ring (bicyclic) bond motifs is 5. The highest BCUT2D eigenvalue weighted by Gasteiger charge is 2.62. The van der Waals surface area contributed by atoms with Crippen molar-refractivity contribution in [3.05, 3.63) is 0 Å². The second kappa shape index (κ2) is 7.66. The first-order valence-electron chi connectivity index (χ1n) is 13.1. The summed E-state index contributed by atoms with van der Waals surface area (Å²) in [5, 5.41) is 11.5. The third-order valence-corrected chi connectivity index (χ3v) is 15.9. The topological polar surface area (TPSA) is 46.5 Å². The minimum Gasteiger partial charge on any atom is -0.411 e. The Morgan fingerprint density at radius 2 is 1.65 bits per heavy atom. The Morgan fingerprint density at radius 3 is 2.26 bits per heavy atom. The van der Waals surface area contributed by atoms with Crippen molar-refractivity contribution in [1.82, 2.24) is 0 Å². The molecule has 4 heteroatoms. The van der Waals surface area contributed by atoms with Crippen LogP contribution in [-0.4, -0.2) is 31.4 Å². The van der Waals surface area contributed by atoms with Gasteiger partial charge in [0, 0.05) is 5.92 Å². The molecule has 1 N–H and O–H groups in total. The lowest BCUT2D eigenvalue weighted by Gasteiger charge is -2.62. The van der Waals surface area contributed by atoms with Crippen LogP contribution in [0.5, 0.6) is 0 Å². The Labute approximate surface area is 192 Å². The third-order valence-electron chi connectivity index (χ3n) is 11.4. The number of Topliss-reactive ketones (excluding diaryl/α,β-unsaturated/α-hetero) is 1. The summed E-state index contributed by atoms with van der Waals surface area (Å²) in [5.41, 5.74) is 0.447. The maximum Gasteiger partial charge on any atom is 0.192 e. The highest BCUT2D eigenvalue weighted by atomic mass is 28.4. The van der Waals surface area contributed by atoms with E-state index in [1.165, 1.54) is 32.1 Å². The van der Waals surface area contributed by atoms with Gasteiger partial charge in [-0.3, -0.25) is 4.79 Å². The molecule has 4 aliphatic rings. The predicted octanol–water partition coefficient (Wildman–Crippen LogP) is 6.60. The molecule has 0 amide bonds. The highest BCUT2D eigenvalue weighted by Crippen LogP contribution is 2.67. The van der Waals surface area contributed by atoms with Crippen molar-refractivity contribution in [2.45, 2.75) is 123 Å². The molecule has 0 spiro atoms. The van der Waals surface area contributed by atoms with E-state index in [-0.39, 0.29) is 34.0 Å². The zero-order valence-corrected chi connectivity index (χ0v) is 22.5. The maximum atomic E-state index is 12.4. The molecular formula is C27H48O3Si. The van der Waals surface area contributed by atoms with Gasteiger partial charge in [0.05, 0.1) is 12.2 Å². The summed E-state index contributed by atoms with van der Waals surface area (Å²) in [5.74, 6) is 3.52. The Hall–Kier alpha value is -0.193. The van der Waals surface area contributed by atoms with Crippen molar-refractivity contribution in [2.24, 2.45) is 40.4 Å². The van der Waals surface area contributed by atoms with Crippen LogP contribution in [0.2, 0.25) is 18.1 Å². The zero-order valence-electron chi connectivity index (χ0n) is 21.5. The van der Waals surface area contributed by atoms with Gasteiger partial charge in [-0.15, -0.1) is 0 Å². The summed E-state index contributed by atoms with van der Waals surface area (Å²) in [7, 11) is -1.89. The van der Waals surface area contributed by atoms with Crippen LogP contribution in [0, 0.1) is 40.4 Å². The Bertz CT molecular complexity index is 712. The average molecular weight is 449 g/mol. The standard InChI is InChI=1S/C27H48O3Si/c1-17(28)20-11-12-21-19-10-9-18-15-24(30-31(7,8)25(2,3)4)23(29)16-27(18,6)22(19)13-14-26(20,21)5/h18-24,29H,9-16H2,1-8H3/t18-,19-,20+,21-,22-,23-,24-,26+,27-/m0/s1. The van der Waals surface area contributed by atoms with Crippen LogP contribution in [0.15, 0.2) is 0 Å². The SMILES string of the molecule is CC(=O)[C@H]1CC[C@H]2[C@@H]3CC[C@H]4C[C@H](O[Si](C)(C)C(C)(C)C)[C@@H](O)C[C@]4(C)[C@H]3CC[C@]12C. The van der Waals surface area contributed by atoms with Gasteiger partial charge in [0.1, 0.15) is 5.78 Å². The largest absolute Gasteiger partial charge is 0.411 e. The molecule has 0 heterocycles. The van der Waals surface area contributed by atoms with E-state index in [0.717, 1.165) is 25.2 Å². The summed E-state index contributed by atoms with van der Waals surface area (Å²) < 4.78 is 6.76. The first-order chi connectivity index (χ1) is 14.2. The molecule has 9 atom stereocenters. The first-order valence-corrected chi connectivity index (χ1v) is 16.0. The van der Waals surface area contributed by atoms with Gasteiger partial charge in [0.2, 0.25) is 0 Å². The smallest absolute Gasteiger partial charge is 0.192 e. The van der Waals surface area contributed by atoms with Crippen LogP contribution >= 0.6 is 0 Å². The number of carbonyl (C=O) groups excluding carboxylic acids is 1. The molecule has 4 fully saturated rings. The van der Waals surface area contributed by atoms with Crippen molar-refractivity contribution in [3.8, 4) is 0 Å². The van der Waals surface area contributed by atoms with Crippen molar-refractivity contribution < 1.29 is 14.3 Å². The van der Waals surface area contributed by atoms with Crippen LogP contribution in [-0.2, 0) is 9.22 Å². The van der Waals surface area contributed by atoms with E-state index in [1.54, 1.807) is 0 Å². The molecule has 4 rings (SSSR count). The van der Waals surface area contributed by atoms with Crippen molar-refractivity contribution in [2.75, 3.05) is 0 Å². The molecule has 0 radical (unpaired) electrons. The molecular weight excluding hydrogens is 400 g/mol. The average Bonchev–Trinajstić information content (AvgIpc) is 2.99. The summed E-state index contributed by atoms with van der Waals surface area (Å²) in [6.07, 6.45) is 8.99. The molecule has 4 saturated carbocycles. The van der Waals surface area contributed by atoms with Gasteiger partial charge < -0.3 is 9.53 Å². The quantitative estimate of drug-likeness (QED) is 0.495. The monoisotopic (exact) mass is 448 g/mol. The second-order valence-electron chi connectivity index (χ2n) is 13.9. The highest BCUT2D eigenvalue weighted by molar-refractivity contribution is 6.74. The van der Waals surface area contributed by atoms with Crippen LogP contribution in [0.1, 0.15) is 92.9 Å². The van der Waals surface area contributed by atoms with E-state index in [9.17, 15) is 9.90 Å². The molecule has 3 nitrogen and oxygen atoms in total. The molecule has 178 valence electrons. The van der Waals surface area contributed by atoms with Gasteiger partial charge in [0.15, 0.2) is 8.32 Å². The van der Waals surface area contributed by atoms with Crippen molar-refractivity contribution in [1.29, 1.82) is 0 Å². The number of hydrogen-bond acceptors (Lipinski definition) is 3. The molecule has 31 heavy (non-hydrogen) atoms. The van der Waals surface area contributed by atoms with Crippen molar-refractivity contribution >= 4 is 14.1 Å². The summed E-state index contributed by atoms with van der Waals surface area (Å²) in [6.45, 7) is 18.3. The Kier molecular flexibility index (Phi) is 5.92. The lowest BCUT2D eigenvalue weighted by atomic mass is 9.44. The van der Waals surface area contributed by atoms with E-state index in [2.05, 4.69) is 47.7 Å². The molecule has 0 aromatic heterocycles. The predicted molar refractivity (Wildman–Crippen MR) is 129 cm³/mol. The second-order valence-corrected chi connectivity index (χ2v) is 18.6. The van der Waals surface area contributed by atoms with E-state index >= 15 is 0 Å². The fourth-order valence-electron chi connectivity index (χ4n) is 8.61. The number of ketones is 1. The molecule has 0 aromatic carbocycles. The van der Waals surface area contributed by atoms with Crippen LogP contribution in [0.25, 0.3) is 0 Å². The van der Waals surface area contributed by atoms with Crippen LogP contribution < -0.4 is 0 Å². The van der Waals surface area contributed by atoms with E-state index in [4.69, 9.17) is 4.43 Å². The summed E-state index contributed by atoms with van der Waals surface area (Å²) in [4.78, 5) is 12.4. The maximum absolute atomic E-state index is 12.4. The molecule has 0 saturated heterocycles. The molecule has 0 unspecified atom stereocenters. The van der Waals surface area contributed by atoms with Crippen LogP contribution in [0.3, 0.4) is 0 Å². The number of rotatable bonds is 3. The number of aliphatic hydroxyl groups excluding tert-OH is 1. The first kappa shape index (κ1) is 23.9. The number of aliphatic hydroxyl groups is 1. The normalized spacial score (nSPS) is 48.0. The fraction of sp³-hybridized carbons (Fsp3) is 0.963.